The predicted molar refractivity (Wildman–Crippen MR) is 62.5 cm³/mol. The smallest absolute Gasteiger partial charge is 0.140 e. The third-order valence-electron chi connectivity index (χ3n) is 2.67. The third-order valence-corrected chi connectivity index (χ3v) is 2.67. The summed E-state index contributed by atoms with van der Waals surface area (Å²) in [6.07, 6.45) is 3.57. The fourth-order valence-corrected chi connectivity index (χ4v) is 1.76. The summed E-state index contributed by atoms with van der Waals surface area (Å²) in [6.45, 7) is 3.26. The average Bonchev–Trinajstić information content (AvgIpc) is 2.89. The summed E-state index contributed by atoms with van der Waals surface area (Å²) in [5.74, 6) is 2.39. The Morgan fingerprint density at radius 2 is 2.33 bits per heavy atom. The Morgan fingerprint density at radius 3 is 2.93 bits per heavy atom. The molecule has 0 saturated heterocycles. The molecule has 0 spiro atoms. The first kappa shape index (κ1) is 12.5. The minimum atomic E-state index is 0. The van der Waals surface area contributed by atoms with E-state index in [-0.39, 0.29) is 12.4 Å². The summed E-state index contributed by atoms with van der Waals surface area (Å²) < 4.78 is 5.30. The van der Waals surface area contributed by atoms with Gasteiger partial charge in [0.2, 0.25) is 0 Å². The molecule has 1 atom stereocenters. The van der Waals surface area contributed by atoms with Crippen molar-refractivity contribution in [3.8, 4) is 0 Å². The van der Waals surface area contributed by atoms with E-state index in [4.69, 9.17) is 4.52 Å². The molecular formula is C11H19ClN2O. The Bertz CT molecular complexity index is 297. The molecule has 0 bridgehead atoms. The molecule has 2 rings (SSSR count). The second kappa shape index (κ2) is 5.52. The molecule has 0 aliphatic heterocycles. The summed E-state index contributed by atoms with van der Waals surface area (Å²) in [5, 5.41) is 7.27. The van der Waals surface area contributed by atoms with Crippen LogP contribution in [0.5, 0.6) is 0 Å². The van der Waals surface area contributed by atoms with Gasteiger partial charge in [-0.25, -0.2) is 0 Å². The zero-order valence-electron chi connectivity index (χ0n) is 9.32. The summed E-state index contributed by atoms with van der Waals surface area (Å²) in [4.78, 5) is 0. The molecule has 15 heavy (non-hydrogen) atoms. The first-order chi connectivity index (χ1) is 6.79. The van der Waals surface area contributed by atoms with Crippen molar-refractivity contribution < 1.29 is 4.52 Å². The van der Waals surface area contributed by atoms with E-state index in [2.05, 4.69) is 23.5 Å². The van der Waals surface area contributed by atoms with Gasteiger partial charge in [0, 0.05) is 12.0 Å². The van der Waals surface area contributed by atoms with Gasteiger partial charge < -0.3 is 9.84 Å². The fourth-order valence-electron chi connectivity index (χ4n) is 1.76. The van der Waals surface area contributed by atoms with Crippen LogP contribution in [0.3, 0.4) is 0 Å². The molecule has 1 aromatic heterocycles. The lowest BCUT2D eigenvalue weighted by Gasteiger charge is -2.06. The molecule has 3 nitrogen and oxygen atoms in total. The van der Waals surface area contributed by atoms with Crippen LogP contribution in [0.15, 0.2) is 10.6 Å². The highest BCUT2D eigenvalue weighted by atomic mass is 35.5. The highest BCUT2D eigenvalue weighted by Gasteiger charge is 2.27. The number of rotatable bonds is 5. The van der Waals surface area contributed by atoms with E-state index >= 15 is 0 Å². The van der Waals surface area contributed by atoms with Crippen molar-refractivity contribution >= 4 is 12.4 Å². The Balaban J connectivity index is 0.00000112. The van der Waals surface area contributed by atoms with Gasteiger partial charge in [0.1, 0.15) is 5.76 Å². The second-order valence-electron chi connectivity index (χ2n) is 4.36. The highest BCUT2D eigenvalue weighted by molar-refractivity contribution is 5.85. The zero-order valence-corrected chi connectivity index (χ0v) is 10.1. The summed E-state index contributed by atoms with van der Waals surface area (Å²) >= 11 is 0. The lowest BCUT2D eigenvalue weighted by atomic mass is 10.1. The van der Waals surface area contributed by atoms with Crippen LogP contribution >= 0.6 is 12.4 Å². The standard InChI is InChI=1S/C11H18N2O.ClH/c1-8(7-12-2)5-10-6-11(14-13-10)9-3-4-9;/h6,8-9,12H,3-5,7H2,1-2H3;1H. The molecule has 0 radical (unpaired) electrons. The van der Waals surface area contributed by atoms with E-state index in [9.17, 15) is 0 Å². The van der Waals surface area contributed by atoms with Crippen molar-refractivity contribution in [3.05, 3.63) is 17.5 Å². The van der Waals surface area contributed by atoms with Crippen LogP contribution in [0, 0.1) is 5.92 Å². The maximum Gasteiger partial charge on any atom is 0.140 e. The SMILES string of the molecule is CNCC(C)Cc1cc(C2CC2)on1.Cl. The molecule has 1 unspecified atom stereocenters. The summed E-state index contributed by atoms with van der Waals surface area (Å²) in [6, 6.07) is 2.13. The predicted octanol–water partition coefficient (Wildman–Crippen LogP) is 2.37. The minimum Gasteiger partial charge on any atom is -0.361 e. The van der Waals surface area contributed by atoms with Gasteiger partial charge in [-0.3, -0.25) is 0 Å². The lowest BCUT2D eigenvalue weighted by molar-refractivity contribution is 0.373. The van der Waals surface area contributed by atoms with Crippen molar-refractivity contribution in [2.24, 2.45) is 5.92 Å². The monoisotopic (exact) mass is 230 g/mol. The topological polar surface area (TPSA) is 38.1 Å². The molecule has 1 aliphatic carbocycles. The molecule has 1 heterocycles. The van der Waals surface area contributed by atoms with E-state index in [0.717, 1.165) is 24.4 Å². The largest absolute Gasteiger partial charge is 0.361 e. The number of nitrogens with one attached hydrogen (secondary N) is 1. The molecule has 1 aromatic rings. The molecule has 86 valence electrons. The molecule has 1 N–H and O–H groups in total. The normalized spacial score (nSPS) is 17.2. The second-order valence-corrected chi connectivity index (χ2v) is 4.36. The van der Waals surface area contributed by atoms with Crippen LogP contribution in [0.1, 0.15) is 37.1 Å². The maximum atomic E-state index is 5.30. The van der Waals surface area contributed by atoms with Gasteiger partial charge >= 0.3 is 0 Å². The molecule has 0 aromatic carbocycles. The van der Waals surface area contributed by atoms with Crippen molar-refractivity contribution in [3.63, 3.8) is 0 Å². The van der Waals surface area contributed by atoms with E-state index in [1.807, 2.05) is 7.05 Å². The van der Waals surface area contributed by atoms with Gasteiger partial charge in [-0.1, -0.05) is 12.1 Å². The van der Waals surface area contributed by atoms with E-state index in [1.165, 1.54) is 12.8 Å². The van der Waals surface area contributed by atoms with Crippen LogP contribution in [-0.2, 0) is 6.42 Å². The number of nitrogens with zero attached hydrogens (tertiary/aromatic N) is 1. The molecule has 1 fully saturated rings. The van der Waals surface area contributed by atoms with E-state index < -0.39 is 0 Å². The van der Waals surface area contributed by atoms with Gasteiger partial charge in [-0.05, 0) is 38.8 Å². The number of hydrogen-bond donors (Lipinski definition) is 1. The summed E-state index contributed by atoms with van der Waals surface area (Å²) in [5.41, 5.74) is 1.11. The molecule has 0 amide bonds. The van der Waals surface area contributed by atoms with Gasteiger partial charge in [-0.15, -0.1) is 12.4 Å². The van der Waals surface area contributed by atoms with Crippen LogP contribution in [-0.4, -0.2) is 18.7 Å². The number of hydrogen-bond acceptors (Lipinski definition) is 3. The molecular weight excluding hydrogens is 212 g/mol. The van der Waals surface area contributed by atoms with Crippen LogP contribution in [0.2, 0.25) is 0 Å². The highest BCUT2D eigenvalue weighted by Crippen LogP contribution is 2.40. The Kier molecular flexibility index (Phi) is 4.61. The maximum absolute atomic E-state index is 5.30. The lowest BCUT2D eigenvalue weighted by Crippen LogP contribution is -2.17. The van der Waals surface area contributed by atoms with E-state index in [0.29, 0.717) is 11.8 Å². The molecule has 1 aliphatic rings. The van der Waals surface area contributed by atoms with Gasteiger partial charge in [-0.2, -0.15) is 0 Å². The molecule has 4 heteroatoms. The van der Waals surface area contributed by atoms with Gasteiger partial charge in [0.05, 0.1) is 5.69 Å². The van der Waals surface area contributed by atoms with Crippen molar-refractivity contribution in [1.29, 1.82) is 0 Å². The fraction of sp³-hybridized carbons (Fsp3) is 0.727. The van der Waals surface area contributed by atoms with Crippen molar-refractivity contribution in [2.45, 2.75) is 32.1 Å². The Morgan fingerprint density at radius 1 is 1.60 bits per heavy atom. The third kappa shape index (κ3) is 3.50. The van der Waals surface area contributed by atoms with E-state index in [1.54, 1.807) is 0 Å². The van der Waals surface area contributed by atoms with Crippen molar-refractivity contribution in [1.82, 2.24) is 10.5 Å². The first-order valence-corrected chi connectivity index (χ1v) is 5.39. The summed E-state index contributed by atoms with van der Waals surface area (Å²) in [7, 11) is 1.98. The van der Waals surface area contributed by atoms with Crippen LogP contribution < -0.4 is 5.32 Å². The minimum absolute atomic E-state index is 0. The Labute approximate surface area is 97.0 Å². The molecule has 1 saturated carbocycles. The van der Waals surface area contributed by atoms with Crippen molar-refractivity contribution in [2.75, 3.05) is 13.6 Å². The Hall–Kier alpha value is -0.540. The van der Waals surface area contributed by atoms with Crippen LogP contribution in [0.4, 0.5) is 0 Å². The average molecular weight is 231 g/mol. The first-order valence-electron chi connectivity index (χ1n) is 5.39. The van der Waals surface area contributed by atoms with Gasteiger partial charge in [0.25, 0.3) is 0 Å². The van der Waals surface area contributed by atoms with Gasteiger partial charge in [0.15, 0.2) is 0 Å². The quantitative estimate of drug-likeness (QED) is 0.844. The zero-order chi connectivity index (χ0) is 9.97. The van der Waals surface area contributed by atoms with Crippen LogP contribution in [0.25, 0.3) is 0 Å². The number of halogens is 1. The number of aromatic nitrogens is 1.